The monoisotopic (exact) mass is 371 g/mol. The highest BCUT2D eigenvalue weighted by Gasteiger charge is 2.18. The van der Waals surface area contributed by atoms with Crippen molar-refractivity contribution >= 4 is 11.8 Å². The van der Waals surface area contributed by atoms with Crippen LogP contribution in [0.25, 0.3) is 0 Å². The second-order valence-corrected chi connectivity index (χ2v) is 6.89. The van der Waals surface area contributed by atoms with Gasteiger partial charge in [0.15, 0.2) is 5.96 Å². The second-order valence-electron chi connectivity index (χ2n) is 6.89. The Morgan fingerprint density at radius 2 is 2.26 bits per heavy atom. The molecule has 0 bridgehead atoms. The Labute approximate surface area is 160 Å². The van der Waals surface area contributed by atoms with E-state index in [1.54, 1.807) is 7.05 Å². The topological polar surface area (TPSA) is 74.9 Å². The van der Waals surface area contributed by atoms with E-state index in [1.807, 2.05) is 31.3 Å². The van der Waals surface area contributed by atoms with Gasteiger partial charge in [-0.15, -0.1) is 0 Å². The van der Waals surface area contributed by atoms with Crippen LogP contribution in [0.2, 0.25) is 0 Å². The summed E-state index contributed by atoms with van der Waals surface area (Å²) in [6.45, 7) is 9.24. The highest BCUT2D eigenvalue weighted by Crippen LogP contribution is 2.17. The molecule has 3 rings (SSSR count). The van der Waals surface area contributed by atoms with Crippen LogP contribution in [0.4, 0.5) is 5.82 Å². The van der Waals surface area contributed by atoms with Gasteiger partial charge in [-0.25, -0.2) is 4.98 Å². The predicted molar refractivity (Wildman–Crippen MR) is 107 cm³/mol. The minimum absolute atomic E-state index is 0.0349. The van der Waals surface area contributed by atoms with E-state index >= 15 is 0 Å². The van der Waals surface area contributed by atoms with Crippen LogP contribution in [0.3, 0.4) is 0 Å². The van der Waals surface area contributed by atoms with Crippen LogP contribution in [0.1, 0.15) is 37.0 Å². The maximum atomic E-state index is 5.68. The largest absolute Gasteiger partial charge is 0.464 e. The number of furan rings is 1. The van der Waals surface area contributed by atoms with E-state index in [9.17, 15) is 0 Å². The van der Waals surface area contributed by atoms with E-state index in [1.165, 1.54) is 0 Å². The number of ether oxygens (including phenoxy) is 1. The lowest BCUT2D eigenvalue weighted by Crippen LogP contribution is -2.41. The molecule has 1 fully saturated rings. The first-order chi connectivity index (χ1) is 13.0. The average Bonchev–Trinajstić information content (AvgIpc) is 3.12. The number of aryl methyl sites for hydroxylation is 1. The number of morpholine rings is 1. The average molecular weight is 371 g/mol. The van der Waals surface area contributed by atoms with Gasteiger partial charge >= 0.3 is 0 Å². The Bertz CT molecular complexity index is 773. The van der Waals surface area contributed by atoms with Crippen molar-refractivity contribution in [3.05, 3.63) is 47.5 Å². The summed E-state index contributed by atoms with van der Waals surface area (Å²) in [5.74, 6) is 3.52. The van der Waals surface area contributed by atoms with E-state index < -0.39 is 0 Å². The van der Waals surface area contributed by atoms with Crippen molar-refractivity contribution in [3.63, 3.8) is 0 Å². The molecule has 146 valence electrons. The summed E-state index contributed by atoms with van der Waals surface area (Å²) in [6.07, 6.45) is 2.09. The van der Waals surface area contributed by atoms with Crippen molar-refractivity contribution in [3.8, 4) is 0 Å². The van der Waals surface area contributed by atoms with Crippen LogP contribution in [-0.2, 0) is 11.3 Å². The van der Waals surface area contributed by atoms with Crippen molar-refractivity contribution in [2.24, 2.45) is 4.99 Å². The third-order valence-corrected chi connectivity index (χ3v) is 4.60. The van der Waals surface area contributed by atoms with Gasteiger partial charge in [0.05, 0.1) is 18.8 Å². The van der Waals surface area contributed by atoms with Crippen LogP contribution < -0.4 is 15.5 Å². The molecule has 2 aromatic rings. The third-order valence-electron chi connectivity index (χ3n) is 4.60. The Balaban J connectivity index is 1.57. The van der Waals surface area contributed by atoms with Gasteiger partial charge in [-0.05, 0) is 50.6 Å². The fourth-order valence-electron chi connectivity index (χ4n) is 3.11. The molecule has 0 aliphatic carbocycles. The summed E-state index contributed by atoms with van der Waals surface area (Å²) < 4.78 is 11.3. The van der Waals surface area contributed by atoms with Gasteiger partial charge in [-0.2, -0.15) is 0 Å². The smallest absolute Gasteiger partial charge is 0.191 e. The lowest BCUT2D eigenvalue weighted by atomic mass is 10.2. The lowest BCUT2D eigenvalue weighted by Gasteiger charge is -2.32. The number of nitrogens with one attached hydrogen (secondary N) is 2. The fraction of sp³-hybridized carbons (Fsp3) is 0.500. The summed E-state index contributed by atoms with van der Waals surface area (Å²) in [7, 11) is 1.77. The summed E-state index contributed by atoms with van der Waals surface area (Å²) in [6, 6.07) is 8.13. The van der Waals surface area contributed by atoms with Crippen molar-refractivity contribution < 1.29 is 9.15 Å². The number of guanidine groups is 1. The van der Waals surface area contributed by atoms with Crippen molar-refractivity contribution in [2.45, 2.75) is 39.5 Å². The molecule has 3 heterocycles. The van der Waals surface area contributed by atoms with Gasteiger partial charge in [0.2, 0.25) is 0 Å². The molecule has 0 saturated carbocycles. The number of anilines is 1. The van der Waals surface area contributed by atoms with Gasteiger partial charge in [-0.1, -0.05) is 0 Å². The summed E-state index contributed by atoms with van der Waals surface area (Å²) in [5.41, 5.74) is 1.16. The standard InChI is InChI=1S/C20H29N5O2/c1-14-5-6-18(27-14)16(3)24-20(21-4)23-12-17-7-8-22-19(11-17)25-9-10-26-15(2)13-25/h5-8,11,15-16H,9-10,12-13H2,1-4H3,(H2,21,23,24). The van der Waals surface area contributed by atoms with Crippen LogP contribution >= 0.6 is 0 Å². The van der Waals surface area contributed by atoms with Crippen LogP contribution in [0, 0.1) is 6.92 Å². The zero-order chi connectivity index (χ0) is 19.2. The molecular weight excluding hydrogens is 342 g/mol. The minimum Gasteiger partial charge on any atom is -0.464 e. The van der Waals surface area contributed by atoms with E-state index in [0.29, 0.717) is 6.54 Å². The lowest BCUT2D eigenvalue weighted by molar-refractivity contribution is 0.0529. The van der Waals surface area contributed by atoms with Gasteiger partial charge in [0, 0.05) is 32.9 Å². The molecule has 7 nitrogen and oxygen atoms in total. The number of rotatable bonds is 5. The zero-order valence-corrected chi connectivity index (χ0v) is 16.5. The number of hydrogen-bond acceptors (Lipinski definition) is 5. The van der Waals surface area contributed by atoms with Crippen LogP contribution in [0.15, 0.2) is 39.9 Å². The van der Waals surface area contributed by atoms with Crippen molar-refractivity contribution in [1.82, 2.24) is 15.6 Å². The Kier molecular flexibility index (Phi) is 6.34. The van der Waals surface area contributed by atoms with Crippen molar-refractivity contribution in [1.29, 1.82) is 0 Å². The predicted octanol–water partition coefficient (Wildman–Crippen LogP) is 2.63. The number of aliphatic imine (C=N–C) groups is 1. The molecule has 1 aliphatic heterocycles. The van der Waals surface area contributed by atoms with E-state index in [4.69, 9.17) is 9.15 Å². The first-order valence-corrected chi connectivity index (χ1v) is 9.40. The Morgan fingerprint density at radius 3 is 2.96 bits per heavy atom. The first-order valence-electron chi connectivity index (χ1n) is 9.40. The van der Waals surface area contributed by atoms with E-state index in [-0.39, 0.29) is 12.1 Å². The minimum atomic E-state index is 0.0349. The van der Waals surface area contributed by atoms with Gasteiger partial charge in [0.25, 0.3) is 0 Å². The molecule has 27 heavy (non-hydrogen) atoms. The first kappa shape index (κ1) is 19.2. The van der Waals surface area contributed by atoms with E-state index in [2.05, 4.69) is 45.4 Å². The highest BCUT2D eigenvalue weighted by atomic mass is 16.5. The zero-order valence-electron chi connectivity index (χ0n) is 16.5. The molecule has 2 aromatic heterocycles. The third kappa shape index (κ3) is 5.23. The SMILES string of the molecule is CN=C(NCc1ccnc(N2CCOC(C)C2)c1)NC(C)c1ccc(C)o1. The van der Waals surface area contributed by atoms with Gasteiger partial charge < -0.3 is 24.7 Å². The molecule has 1 aliphatic rings. The molecule has 0 aromatic carbocycles. The maximum absolute atomic E-state index is 5.68. The molecule has 0 amide bonds. The van der Waals surface area contributed by atoms with Gasteiger partial charge in [-0.3, -0.25) is 4.99 Å². The van der Waals surface area contributed by atoms with Crippen LogP contribution in [-0.4, -0.2) is 43.8 Å². The maximum Gasteiger partial charge on any atom is 0.191 e. The second kappa shape index (κ2) is 8.90. The van der Waals surface area contributed by atoms with Crippen LogP contribution in [0.5, 0.6) is 0 Å². The molecule has 2 atom stereocenters. The summed E-state index contributed by atoms with van der Waals surface area (Å²) >= 11 is 0. The molecular formula is C20H29N5O2. The number of pyridine rings is 1. The highest BCUT2D eigenvalue weighted by molar-refractivity contribution is 5.80. The normalized spacial score (nSPS) is 19.0. The molecule has 0 radical (unpaired) electrons. The summed E-state index contributed by atoms with van der Waals surface area (Å²) in [5, 5.41) is 6.71. The summed E-state index contributed by atoms with van der Waals surface area (Å²) in [4.78, 5) is 11.1. The molecule has 1 saturated heterocycles. The van der Waals surface area contributed by atoms with Gasteiger partial charge in [0.1, 0.15) is 17.3 Å². The number of nitrogens with zero attached hydrogens (tertiary/aromatic N) is 3. The molecule has 7 heteroatoms. The molecule has 2 N–H and O–H groups in total. The fourth-order valence-corrected chi connectivity index (χ4v) is 3.11. The Morgan fingerprint density at radius 1 is 1.41 bits per heavy atom. The quantitative estimate of drug-likeness (QED) is 0.622. The number of aromatic nitrogens is 1. The van der Waals surface area contributed by atoms with Crippen molar-refractivity contribution in [2.75, 3.05) is 31.6 Å². The molecule has 2 unspecified atom stereocenters. The number of hydrogen-bond donors (Lipinski definition) is 2. The Hall–Kier alpha value is -2.54. The van der Waals surface area contributed by atoms with E-state index in [0.717, 1.165) is 48.6 Å². The molecule has 0 spiro atoms.